The Morgan fingerprint density at radius 1 is 1.37 bits per heavy atom. The number of aromatic nitrogens is 1. The largest absolute Gasteiger partial charge is 0.481 e. The van der Waals surface area contributed by atoms with E-state index in [0.717, 1.165) is 30.3 Å². The number of rotatable bonds is 5. The van der Waals surface area contributed by atoms with Gasteiger partial charge in [-0.05, 0) is 19.3 Å². The van der Waals surface area contributed by atoms with E-state index < -0.39 is 5.97 Å². The highest BCUT2D eigenvalue weighted by molar-refractivity contribution is 8.01. The van der Waals surface area contributed by atoms with Crippen molar-refractivity contribution in [2.24, 2.45) is 0 Å². The average molecular weight is 300 g/mol. The van der Waals surface area contributed by atoms with Crippen molar-refractivity contribution < 1.29 is 14.7 Å². The van der Waals surface area contributed by atoms with E-state index in [1.54, 1.807) is 5.38 Å². The van der Waals surface area contributed by atoms with Gasteiger partial charge >= 0.3 is 5.97 Å². The van der Waals surface area contributed by atoms with Gasteiger partial charge in [0.25, 0.3) is 0 Å². The monoisotopic (exact) mass is 300 g/mol. The maximum absolute atomic E-state index is 11.9. The van der Waals surface area contributed by atoms with Gasteiger partial charge in [0.2, 0.25) is 5.91 Å². The van der Waals surface area contributed by atoms with Crippen LogP contribution in [0.2, 0.25) is 0 Å². The highest BCUT2D eigenvalue weighted by atomic mass is 32.2. The van der Waals surface area contributed by atoms with Gasteiger partial charge in [0, 0.05) is 18.5 Å². The molecule has 1 aliphatic heterocycles. The molecule has 0 aromatic carbocycles. The molecule has 104 valence electrons. The SMILES string of the molecule is O=C(O)Cc1csc(SCC(=O)N2CCCCC2)n1. The first kappa shape index (κ1) is 14.3. The second-order valence-corrected chi connectivity index (χ2v) is 6.49. The van der Waals surface area contributed by atoms with Gasteiger partial charge in [0.15, 0.2) is 4.34 Å². The number of carboxylic acids is 1. The maximum atomic E-state index is 11.9. The summed E-state index contributed by atoms with van der Waals surface area (Å²) in [5.74, 6) is -0.342. The lowest BCUT2D eigenvalue weighted by Gasteiger charge is -2.26. The minimum atomic E-state index is -0.883. The number of thiazole rings is 1. The fraction of sp³-hybridized carbons (Fsp3) is 0.583. The Morgan fingerprint density at radius 3 is 2.79 bits per heavy atom. The number of thioether (sulfide) groups is 1. The minimum Gasteiger partial charge on any atom is -0.481 e. The predicted molar refractivity (Wildman–Crippen MR) is 74.6 cm³/mol. The molecule has 0 aliphatic carbocycles. The Balaban J connectivity index is 1.79. The molecule has 0 atom stereocenters. The molecule has 0 unspecified atom stereocenters. The molecule has 0 spiro atoms. The Hall–Kier alpha value is -1.08. The summed E-state index contributed by atoms with van der Waals surface area (Å²) in [6.07, 6.45) is 3.34. The van der Waals surface area contributed by atoms with Crippen molar-refractivity contribution in [3.8, 4) is 0 Å². The van der Waals surface area contributed by atoms with E-state index in [1.807, 2.05) is 4.90 Å². The Labute approximate surface area is 120 Å². The number of carbonyl (C=O) groups excluding carboxylic acids is 1. The van der Waals surface area contributed by atoms with Crippen molar-refractivity contribution in [1.29, 1.82) is 0 Å². The van der Waals surface area contributed by atoms with E-state index in [0.29, 0.717) is 11.4 Å². The molecule has 1 aromatic rings. The van der Waals surface area contributed by atoms with Crippen LogP contribution in [0.15, 0.2) is 9.72 Å². The number of carboxylic acid groups (broad SMARTS) is 1. The highest BCUT2D eigenvalue weighted by Gasteiger charge is 2.17. The van der Waals surface area contributed by atoms with Crippen molar-refractivity contribution in [1.82, 2.24) is 9.88 Å². The smallest absolute Gasteiger partial charge is 0.309 e. The lowest BCUT2D eigenvalue weighted by atomic mass is 10.1. The van der Waals surface area contributed by atoms with Gasteiger partial charge in [-0.1, -0.05) is 11.8 Å². The quantitative estimate of drug-likeness (QED) is 0.841. The van der Waals surface area contributed by atoms with E-state index in [9.17, 15) is 9.59 Å². The van der Waals surface area contributed by atoms with Crippen LogP contribution in [0.25, 0.3) is 0 Å². The van der Waals surface area contributed by atoms with Crippen molar-refractivity contribution in [2.45, 2.75) is 30.0 Å². The zero-order chi connectivity index (χ0) is 13.7. The third kappa shape index (κ3) is 4.50. The Kier molecular flexibility index (Phi) is 5.21. The maximum Gasteiger partial charge on any atom is 0.309 e. The predicted octanol–water partition coefficient (Wildman–Crippen LogP) is 1.87. The molecule has 1 amide bonds. The van der Waals surface area contributed by atoms with E-state index >= 15 is 0 Å². The molecule has 2 rings (SSSR count). The molecular weight excluding hydrogens is 284 g/mol. The first-order chi connectivity index (χ1) is 9.15. The summed E-state index contributed by atoms with van der Waals surface area (Å²) in [6.45, 7) is 1.73. The first-order valence-corrected chi connectivity index (χ1v) is 8.08. The van der Waals surface area contributed by atoms with Crippen LogP contribution in [0.4, 0.5) is 0 Å². The molecule has 5 nitrogen and oxygen atoms in total. The zero-order valence-electron chi connectivity index (χ0n) is 10.5. The van der Waals surface area contributed by atoms with Crippen LogP contribution in [0.5, 0.6) is 0 Å². The molecule has 1 saturated heterocycles. The molecule has 1 fully saturated rings. The molecular formula is C12H16N2O3S2. The first-order valence-electron chi connectivity index (χ1n) is 6.22. The number of piperidine rings is 1. The van der Waals surface area contributed by atoms with Crippen LogP contribution in [0.3, 0.4) is 0 Å². The van der Waals surface area contributed by atoms with E-state index in [2.05, 4.69) is 4.98 Å². The van der Waals surface area contributed by atoms with Gasteiger partial charge < -0.3 is 10.0 Å². The van der Waals surface area contributed by atoms with Crippen LogP contribution in [0.1, 0.15) is 25.0 Å². The van der Waals surface area contributed by atoms with E-state index in [1.165, 1.54) is 29.5 Å². The summed E-state index contributed by atoms with van der Waals surface area (Å²) in [4.78, 5) is 28.6. The van der Waals surface area contributed by atoms with Crippen LogP contribution < -0.4 is 0 Å². The van der Waals surface area contributed by atoms with Crippen molar-refractivity contribution in [2.75, 3.05) is 18.8 Å². The number of amides is 1. The highest BCUT2D eigenvalue weighted by Crippen LogP contribution is 2.23. The number of hydrogen-bond acceptors (Lipinski definition) is 5. The zero-order valence-corrected chi connectivity index (χ0v) is 12.1. The van der Waals surface area contributed by atoms with Gasteiger partial charge in [-0.2, -0.15) is 0 Å². The molecule has 19 heavy (non-hydrogen) atoms. The van der Waals surface area contributed by atoms with Gasteiger partial charge in [-0.3, -0.25) is 9.59 Å². The normalized spacial score (nSPS) is 15.5. The van der Waals surface area contributed by atoms with Gasteiger partial charge in [-0.15, -0.1) is 11.3 Å². The standard InChI is InChI=1S/C12H16N2O3S2/c15-10(14-4-2-1-3-5-14)8-19-12-13-9(7-18-12)6-11(16)17/h7H,1-6,8H2,(H,16,17). The van der Waals surface area contributed by atoms with Crippen LogP contribution >= 0.6 is 23.1 Å². The molecule has 0 radical (unpaired) electrons. The summed E-state index contributed by atoms with van der Waals surface area (Å²) in [5, 5.41) is 10.4. The molecule has 1 aliphatic rings. The summed E-state index contributed by atoms with van der Waals surface area (Å²) in [5.41, 5.74) is 0.561. The number of likely N-dealkylation sites (tertiary alicyclic amines) is 1. The summed E-state index contributed by atoms with van der Waals surface area (Å²) >= 11 is 2.79. The number of nitrogens with zero attached hydrogens (tertiary/aromatic N) is 2. The lowest BCUT2D eigenvalue weighted by Crippen LogP contribution is -2.36. The number of carbonyl (C=O) groups is 2. The van der Waals surface area contributed by atoms with Gasteiger partial charge in [0.1, 0.15) is 0 Å². The number of aliphatic carboxylic acids is 1. The van der Waals surface area contributed by atoms with Gasteiger partial charge in [0.05, 0.1) is 17.9 Å². The van der Waals surface area contributed by atoms with Crippen molar-refractivity contribution >= 4 is 35.0 Å². The molecule has 1 aromatic heterocycles. The lowest BCUT2D eigenvalue weighted by molar-refractivity contribution is -0.136. The fourth-order valence-corrected chi connectivity index (χ4v) is 3.70. The Morgan fingerprint density at radius 2 is 2.11 bits per heavy atom. The molecule has 7 heteroatoms. The van der Waals surface area contributed by atoms with Crippen LogP contribution in [0, 0.1) is 0 Å². The second kappa shape index (κ2) is 6.91. The minimum absolute atomic E-state index is 0.0584. The molecule has 1 N–H and O–H groups in total. The summed E-state index contributed by atoms with van der Waals surface area (Å²) in [7, 11) is 0. The van der Waals surface area contributed by atoms with Crippen LogP contribution in [-0.2, 0) is 16.0 Å². The van der Waals surface area contributed by atoms with E-state index in [4.69, 9.17) is 5.11 Å². The van der Waals surface area contributed by atoms with Gasteiger partial charge in [-0.25, -0.2) is 4.98 Å². The molecule has 2 heterocycles. The average Bonchev–Trinajstić information content (AvgIpc) is 2.84. The summed E-state index contributed by atoms with van der Waals surface area (Å²) in [6, 6.07) is 0. The van der Waals surface area contributed by atoms with Crippen molar-refractivity contribution in [3.05, 3.63) is 11.1 Å². The fourth-order valence-electron chi connectivity index (χ4n) is 1.95. The van der Waals surface area contributed by atoms with E-state index in [-0.39, 0.29) is 12.3 Å². The Bertz CT molecular complexity index is 456. The number of hydrogen-bond donors (Lipinski definition) is 1. The molecule has 0 bridgehead atoms. The second-order valence-electron chi connectivity index (χ2n) is 4.41. The molecule has 0 saturated carbocycles. The third-order valence-electron chi connectivity index (χ3n) is 2.89. The third-order valence-corrected chi connectivity index (χ3v) is 4.95. The summed E-state index contributed by atoms with van der Waals surface area (Å²) < 4.78 is 0.765. The van der Waals surface area contributed by atoms with Crippen molar-refractivity contribution in [3.63, 3.8) is 0 Å². The topological polar surface area (TPSA) is 70.5 Å². The van der Waals surface area contributed by atoms with Crippen LogP contribution in [-0.4, -0.2) is 45.7 Å².